The number of benzene rings is 5. The third-order valence-corrected chi connectivity index (χ3v) is 8.31. The maximum atomic E-state index is 12.9. The minimum Gasteiger partial charge on any atom is -0.489 e. The fourth-order valence-corrected chi connectivity index (χ4v) is 5.99. The van der Waals surface area contributed by atoms with Gasteiger partial charge in [0.1, 0.15) is 12.4 Å². The number of carbonyl (C=O) groups is 1. The summed E-state index contributed by atoms with van der Waals surface area (Å²) in [5.74, 6) is 0.460. The SMILES string of the molecule is O=C(N/N=C\c1ccc(OCc2ccc(Br)cc2Br)cc1)c1ccc(-n2c(-c3ccccc3)ccc2-c2ccccc2)cc1. The Bertz CT molecular complexity index is 1840. The van der Waals surface area contributed by atoms with Crippen molar-refractivity contribution in [3.63, 3.8) is 0 Å². The quantitative estimate of drug-likeness (QED) is 0.120. The average Bonchev–Trinajstić information content (AvgIpc) is 3.51. The normalized spacial score (nSPS) is 11.0. The molecule has 0 unspecified atom stereocenters. The van der Waals surface area contributed by atoms with E-state index < -0.39 is 0 Å². The molecule has 0 atom stereocenters. The fourth-order valence-electron chi connectivity index (χ4n) is 4.83. The molecule has 0 aliphatic heterocycles. The molecule has 0 aliphatic rings. The molecular formula is C37H27Br2N3O2. The van der Waals surface area contributed by atoms with Gasteiger partial charge >= 0.3 is 0 Å². The van der Waals surface area contributed by atoms with Crippen molar-refractivity contribution in [3.05, 3.63) is 165 Å². The summed E-state index contributed by atoms with van der Waals surface area (Å²) in [5, 5.41) is 4.16. The Kier molecular flexibility index (Phi) is 9.15. The van der Waals surface area contributed by atoms with Gasteiger partial charge in [0, 0.05) is 25.8 Å². The maximum Gasteiger partial charge on any atom is 0.271 e. The van der Waals surface area contributed by atoms with Crippen molar-refractivity contribution in [3.8, 4) is 34.0 Å². The predicted molar refractivity (Wildman–Crippen MR) is 184 cm³/mol. The molecule has 7 heteroatoms. The van der Waals surface area contributed by atoms with E-state index in [-0.39, 0.29) is 5.91 Å². The Balaban J connectivity index is 1.12. The van der Waals surface area contributed by atoms with E-state index in [2.05, 4.69) is 83.4 Å². The molecule has 1 aromatic heterocycles. The Labute approximate surface area is 273 Å². The van der Waals surface area contributed by atoms with Gasteiger partial charge in [-0.25, -0.2) is 5.43 Å². The topological polar surface area (TPSA) is 55.6 Å². The van der Waals surface area contributed by atoms with Gasteiger partial charge in [-0.15, -0.1) is 0 Å². The second kappa shape index (κ2) is 13.7. The van der Waals surface area contributed by atoms with Crippen LogP contribution in [0.2, 0.25) is 0 Å². The van der Waals surface area contributed by atoms with Crippen LogP contribution in [0.3, 0.4) is 0 Å². The zero-order valence-electron chi connectivity index (χ0n) is 23.5. The highest BCUT2D eigenvalue weighted by Crippen LogP contribution is 2.32. The molecule has 0 fully saturated rings. The van der Waals surface area contributed by atoms with E-state index in [1.165, 1.54) is 0 Å². The Morgan fingerprint density at radius 3 is 1.93 bits per heavy atom. The number of carbonyl (C=O) groups excluding carboxylic acids is 1. The number of rotatable bonds is 9. The van der Waals surface area contributed by atoms with Gasteiger partial charge < -0.3 is 9.30 Å². The summed E-state index contributed by atoms with van der Waals surface area (Å²) in [6.45, 7) is 0.446. The van der Waals surface area contributed by atoms with Crippen molar-refractivity contribution < 1.29 is 9.53 Å². The Hall–Kier alpha value is -4.72. The molecule has 0 bridgehead atoms. The molecule has 6 rings (SSSR count). The highest BCUT2D eigenvalue weighted by Gasteiger charge is 2.14. The van der Waals surface area contributed by atoms with Crippen LogP contribution in [0.1, 0.15) is 21.5 Å². The van der Waals surface area contributed by atoms with E-state index in [4.69, 9.17) is 4.74 Å². The van der Waals surface area contributed by atoms with Gasteiger partial charge in [-0.3, -0.25) is 4.79 Å². The van der Waals surface area contributed by atoms with Gasteiger partial charge in [-0.05, 0) is 89.5 Å². The monoisotopic (exact) mass is 703 g/mol. The van der Waals surface area contributed by atoms with E-state index in [0.717, 1.165) is 54.0 Å². The molecule has 1 N–H and O–H groups in total. The van der Waals surface area contributed by atoms with Crippen LogP contribution >= 0.6 is 31.9 Å². The van der Waals surface area contributed by atoms with Crippen molar-refractivity contribution in [2.45, 2.75) is 6.61 Å². The minimum atomic E-state index is -0.285. The summed E-state index contributed by atoms with van der Waals surface area (Å²) >= 11 is 7.02. The van der Waals surface area contributed by atoms with Crippen molar-refractivity contribution >= 4 is 44.0 Å². The van der Waals surface area contributed by atoms with Gasteiger partial charge in [0.15, 0.2) is 0 Å². The van der Waals surface area contributed by atoms with Crippen molar-refractivity contribution in [2.75, 3.05) is 0 Å². The summed E-state index contributed by atoms with van der Waals surface area (Å²) in [6.07, 6.45) is 1.61. The largest absolute Gasteiger partial charge is 0.489 e. The van der Waals surface area contributed by atoms with Crippen molar-refractivity contribution in [1.82, 2.24) is 9.99 Å². The molecule has 6 aromatic rings. The summed E-state index contributed by atoms with van der Waals surface area (Å²) in [5.41, 5.74) is 10.4. The van der Waals surface area contributed by atoms with Crippen LogP contribution in [0.5, 0.6) is 5.75 Å². The number of hydrazone groups is 1. The molecule has 0 radical (unpaired) electrons. The van der Waals surface area contributed by atoms with Gasteiger partial charge in [-0.1, -0.05) is 98.6 Å². The smallest absolute Gasteiger partial charge is 0.271 e. The summed E-state index contributed by atoms with van der Waals surface area (Å²) in [7, 11) is 0. The van der Waals surface area contributed by atoms with Crippen LogP contribution in [0, 0.1) is 0 Å². The summed E-state index contributed by atoms with van der Waals surface area (Å²) in [6, 6.07) is 45.9. The van der Waals surface area contributed by atoms with Crippen LogP contribution in [0.15, 0.2) is 154 Å². The molecule has 0 saturated carbocycles. The molecule has 0 aliphatic carbocycles. The number of aromatic nitrogens is 1. The van der Waals surface area contributed by atoms with Crippen LogP contribution < -0.4 is 10.2 Å². The van der Waals surface area contributed by atoms with Gasteiger partial charge in [0.05, 0.1) is 17.6 Å². The van der Waals surface area contributed by atoms with Crippen LogP contribution in [-0.2, 0) is 6.61 Å². The molecule has 0 spiro atoms. The predicted octanol–water partition coefficient (Wildman–Crippen LogP) is 9.68. The number of halogens is 2. The lowest BCUT2D eigenvalue weighted by Gasteiger charge is -2.15. The molecule has 1 heterocycles. The lowest BCUT2D eigenvalue weighted by molar-refractivity contribution is 0.0955. The van der Waals surface area contributed by atoms with E-state index in [1.807, 2.05) is 103 Å². The highest BCUT2D eigenvalue weighted by atomic mass is 79.9. The highest BCUT2D eigenvalue weighted by molar-refractivity contribution is 9.11. The third kappa shape index (κ3) is 6.91. The van der Waals surface area contributed by atoms with Crippen LogP contribution in [0.25, 0.3) is 28.2 Å². The lowest BCUT2D eigenvalue weighted by Crippen LogP contribution is -2.17. The fraction of sp³-hybridized carbons (Fsp3) is 0.0270. The van der Waals surface area contributed by atoms with E-state index in [0.29, 0.717) is 12.2 Å². The second-order valence-electron chi connectivity index (χ2n) is 10.0. The summed E-state index contributed by atoms with van der Waals surface area (Å²) in [4.78, 5) is 12.9. The molecule has 216 valence electrons. The number of amides is 1. The minimum absolute atomic E-state index is 0.285. The Morgan fingerprint density at radius 1 is 0.727 bits per heavy atom. The first-order valence-electron chi connectivity index (χ1n) is 14.0. The molecular weight excluding hydrogens is 678 g/mol. The third-order valence-electron chi connectivity index (χ3n) is 7.08. The standard InChI is InChI=1S/C37H27Br2N3O2/c38-31-16-13-30(34(39)23-31)25-44-33-19-11-26(12-20-33)24-40-41-37(43)29-14-17-32(18-15-29)42-35(27-7-3-1-4-8-27)21-22-36(42)28-9-5-2-6-10-28/h1-24H,25H2,(H,41,43)/b40-24-. The van der Waals surface area contributed by atoms with Crippen molar-refractivity contribution in [2.24, 2.45) is 5.10 Å². The summed E-state index contributed by atoms with van der Waals surface area (Å²) < 4.78 is 10.1. The molecule has 5 nitrogen and oxygen atoms in total. The van der Waals surface area contributed by atoms with Crippen molar-refractivity contribution in [1.29, 1.82) is 0 Å². The van der Waals surface area contributed by atoms with Crippen LogP contribution in [0.4, 0.5) is 0 Å². The zero-order chi connectivity index (χ0) is 30.3. The molecule has 44 heavy (non-hydrogen) atoms. The first kappa shape index (κ1) is 29.4. The Morgan fingerprint density at radius 2 is 1.34 bits per heavy atom. The zero-order valence-corrected chi connectivity index (χ0v) is 26.7. The van der Waals surface area contributed by atoms with Crippen LogP contribution in [-0.4, -0.2) is 16.7 Å². The average molecular weight is 705 g/mol. The molecule has 5 aromatic carbocycles. The van der Waals surface area contributed by atoms with Gasteiger partial charge in [0.25, 0.3) is 5.91 Å². The first-order chi connectivity index (χ1) is 21.5. The van der Waals surface area contributed by atoms with E-state index in [1.54, 1.807) is 6.21 Å². The van der Waals surface area contributed by atoms with Gasteiger partial charge in [-0.2, -0.15) is 5.10 Å². The lowest BCUT2D eigenvalue weighted by atomic mass is 10.1. The first-order valence-corrected chi connectivity index (χ1v) is 15.6. The van der Waals surface area contributed by atoms with Gasteiger partial charge in [0.2, 0.25) is 0 Å². The maximum absolute atomic E-state index is 12.9. The number of hydrogen-bond acceptors (Lipinski definition) is 3. The number of hydrogen-bond donors (Lipinski definition) is 1. The van der Waals surface area contributed by atoms with E-state index in [9.17, 15) is 4.79 Å². The molecule has 1 amide bonds. The van der Waals surface area contributed by atoms with E-state index >= 15 is 0 Å². The second-order valence-corrected chi connectivity index (χ2v) is 11.8. The molecule has 0 saturated heterocycles. The number of nitrogens with one attached hydrogen (secondary N) is 1. The number of nitrogens with zero attached hydrogens (tertiary/aromatic N) is 2. The number of ether oxygens (including phenoxy) is 1.